The summed E-state index contributed by atoms with van der Waals surface area (Å²) in [7, 11) is 0. The molecule has 0 bridgehead atoms. The van der Waals surface area contributed by atoms with Gasteiger partial charge in [0.2, 0.25) is 0 Å². The van der Waals surface area contributed by atoms with Gasteiger partial charge >= 0.3 is 0 Å². The zero-order valence-corrected chi connectivity index (χ0v) is 27.4. The van der Waals surface area contributed by atoms with Crippen molar-refractivity contribution in [3.8, 4) is 44.5 Å². The van der Waals surface area contributed by atoms with Crippen molar-refractivity contribution in [1.29, 1.82) is 0 Å². The van der Waals surface area contributed by atoms with E-state index in [1.54, 1.807) is 12.1 Å². The van der Waals surface area contributed by atoms with Crippen LogP contribution in [0.5, 0.6) is 0 Å². The molecule has 0 fully saturated rings. The minimum atomic E-state index is -0.872. The molecule has 0 spiro atoms. The van der Waals surface area contributed by atoms with E-state index < -0.39 is 169 Å². The number of hydrogen-bond donors (Lipinski definition) is 0. The number of rotatable bonds is 4. The van der Waals surface area contributed by atoms with E-state index in [1.807, 2.05) is 60.7 Å². The number of furan rings is 1. The standard InChI is InChI=1S/C52H32O/c1-2-12-34(13-3-1)50-44-15-6-8-17-46(44)51(47-18-9-7-16-45(47)50)41-26-24-37-30-40(25-23-38(37)31-41)42-19-10-20-48-43-28-27-39(32-49(43)53-52(42)48)36-22-21-33-11-4-5-14-35(33)29-36/h1-32H/i1D,2D,3D,6D,7D,8D,9D,12D,13D,15D,16D,17D,18D,23D,24D,25D,26D,30D,31D. The lowest BCUT2D eigenvalue weighted by Gasteiger charge is -2.18. The lowest BCUT2D eigenvalue weighted by molar-refractivity contribution is 0.670. The molecule has 0 saturated heterocycles. The normalized spacial score (nSPS) is 16.8. The van der Waals surface area contributed by atoms with Crippen LogP contribution in [0.2, 0.25) is 0 Å². The van der Waals surface area contributed by atoms with Gasteiger partial charge in [-0.3, -0.25) is 0 Å². The van der Waals surface area contributed by atoms with Crippen molar-refractivity contribution < 1.29 is 30.5 Å². The molecule has 53 heavy (non-hydrogen) atoms. The average molecular weight is 692 g/mol. The third kappa shape index (κ3) is 4.79. The molecule has 11 aromatic rings. The first-order chi connectivity index (χ1) is 34.2. The van der Waals surface area contributed by atoms with E-state index in [2.05, 4.69) is 6.07 Å². The van der Waals surface area contributed by atoms with Crippen molar-refractivity contribution >= 4 is 65.0 Å². The molecule has 1 nitrogen and oxygen atoms in total. The molecule has 10 aromatic carbocycles. The van der Waals surface area contributed by atoms with Crippen LogP contribution >= 0.6 is 0 Å². The number of para-hydroxylation sites is 1. The molecule has 0 saturated carbocycles. The van der Waals surface area contributed by atoms with Gasteiger partial charge in [-0.2, -0.15) is 0 Å². The van der Waals surface area contributed by atoms with E-state index in [0.29, 0.717) is 11.0 Å². The molecular weight excluding hydrogens is 641 g/mol. The Kier molecular flexibility index (Phi) is 3.69. The van der Waals surface area contributed by atoms with Crippen molar-refractivity contribution in [2.24, 2.45) is 0 Å². The summed E-state index contributed by atoms with van der Waals surface area (Å²) in [6.45, 7) is 0. The van der Waals surface area contributed by atoms with Gasteiger partial charge in [0, 0.05) is 16.3 Å². The molecule has 0 atom stereocenters. The monoisotopic (exact) mass is 691 g/mol. The summed E-state index contributed by atoms with van der Waals surface area (Å²) in [4.78, 5) is 0. The quantitative estimate of drug-likeness (QED) is 0.167. The van der Waals surface area contributed by atoms with Gasteiger partial charge in [-0.15, -0.1) is 0 Å². The van der Waals surface area contributed by atoms with Gasteiger partial charge in [-0.25, -0.2) is 0 Å². The van der Waals surface area contributed by atoms with Gasteiger partial charge < -0.3 is 4.42 Å². The third-order valence-corrected chi connectivity index (χ3v) is 9.60. The van der Waals surface area contributed by atoms with Crippen LogP contribution in [0.1, 0.15) is 26.0 Å². The summed E-state index contributed by atoms with van der Waals surface area (Å²) in [5.41, 5.74) is 0.205. The number of fused-ring (bicyclic) bond motifs is 7. The van der Waals surface area contributed by atoms with E-state index >= 15 is 0 Å². The van der Waals surface area contributed by atoms with Crippen LogP contribution in [0.3, 0.4) is 0 Å². The fourth-order valence-electron chi connectivity index (χ4n) is 7.18. The van der Waals surface area contributed by atoms with Crippen LogP contribution < -0.4 is 0 Å². The summed E-state index contributed by atoms with van der Waals surface area (Å²) < 4.78 is 179. The highest BCUT2D eigenvalue weighted by Crippen LogP contribution is 2.44. The predicted octanol–water partition coefficient (Wildman–Crippen LogP) is 14.9. The maximum Gasteiger partial charge on any atom is 0.143 e. The van der Waals surface area contributed by atoms with E-state index in [0.717, 1.165) is 27.3 Å². The predicted molar refractivity (Wildman–Crippen MR) is 225 cm³/mol. The van der Waals surface area contributed by atoms with E-state index in [9.17, 15) is 13.7 Å². The van der Waals surface area contributed by atoms with Gasteiger partial charge in [0.05, 0.1) is 26.0 Å². The molecule has 0 amide bonds. The molecule has 0 unspecified atom stereocenters. The maximum atomic E-state index is 9.80. The zero-order chi connectivity index (χ0) is 51.4. The average Bonchev–Trinajstić information content (AvgIpc) is 3.76. The van der Waals surface area contributed by atoms with Crippen molar-refractivity contribution in [2.45, 2.75) is 0 Å². The summed E-state index contributed by atoms with van der Waals surface area (Å²) in [6.07, 6.45) is 0. The molecule has 246 valence electrons. The molecule has 0 aliphatic heterocycles. The Bertz CT molecular complexity index is 4220. The molecule has 0 N–H and O–H groups in total. The Morgan fingerprint density at radius 1 is 0.358 bits per heavy atom. The van der Waals surface area contributed by atoms with Gasteiger partial charge in [-0.1, -0.05) is 163 Å². The highest BCUT2D eigenvalue weighted by molar-refractivity contribution is 6.22. The van der Waals surface area contributed by atoms with E-state index in [4.69, 9.17) is 16.8 Å². The van der Waals surface area contributed by atoms with Crippen molar-refractivity contribution in [1.82, 2.24) is 0 Å². The molecule has 1 heterocycles. The zero-order valence-electron chi connectivity index (χ0n) is 46.4. The molecule has 0 aliphatic rings. The van der Waals surface area contributed by atoms with Crippen LogP contribution in [-0.2, 0) is 0 Å². The van der Waals surface area contributed by atoms with Gasteiger partial charge in [-0.05, 0) is 112 Å². The molecule has 1 heteroatoms. The van der Waals surface area contributed by atoms with Gasteiger partial charge in [0.1, 0.15) is 11.2 Å². The molecule has 0 radical (unpaired) electrons. The summed E-state index contributed by atoms with van der Waals surface area (Å²) in [5.74, 6) is 0. The highest BCUT2D eigenvalue weighted by Gasteiger charge is 2.18. The number of benzene rings is 10. The summed E-state index contributed by atoms with van der Waals surface area (Å²) in [6, 6.07) is 9.66. The van der Waals surface area contributed by atoms with Gasteiger partial charge in [0.15, 0.2) is 0 Å². The molecular formula is C52H32O. The van der Waals surface area contributed by atoms with E-state index in [-0.39, 0.29) is 16.7 Å². The summed E-state index contributed by atoms with van der Waals surface area (Å²) in [5, 5.41) is 0.276. The lowest BCUT2D eigenvalue weighted by atomic mass is 9.85. The van der Waals surface area contributed by atoms with Crippen molar-refractivity contribution in [2.75, 3.05) is 0 Å². The second kappa shape index (κ2) is 11.8. The minimum absolute atomic E-state index is 0.144. The first-order valence-corrected chi connectivity index (χ1v) is 16.7. The largest absolute Gasteiger partial charge is 0.455 e. The van der Waals surface area contributed by atoms with Crippen LogP contribution in [0.25, 0.3) is 110 Å². The molecule has 11 rings (SSSR count). The highest BCUT2D eigenvalue weighted by atomic mass is 16.3. The Morgan fingerprint density at radius 2 is 0.962 bits per heavy atom. The fraction of sp³-hybridized carbons (Fsp3) is 0. The third-order valence-electron chi connectivity index (χ3n) is 9.60. The SMILES string of the molecule is [2H]c1c([2H])c([2H])c(-c2c3c([2H])c([2H])c([2H])c([2H])c3c(-c3c([2H])c([2H])c4c([2H])c(-c5cccc6c5oc5cc(-c7ccc8ccccc8c7)ccc56)c([2H])c([2H])c4c3[2H])c3c([2H])c([2H])c([2H])c([2H])c23)c([2H])c1[2H]. The second-order valence-electron chi connectivity index (χ2n) is 12.6. The minimum Gasteiger partial charge on any atom is -0.455 e. The maximum absolute atomic E-state index is 9.80. The smallest absolute Gasteiger partial charge is 0.143 e. The summed E-state index contributed by atoms with van der Waals surface area (Å²) >= 11 is 0. The van der Waals surface area contributed by atoms with Crippen molar-refractivity contribution in [3.05, 3.63) is 194 Å². The van der Waals surface area contributed by atoms with E-state index in [1.165, 1.54) is 0 Å². The first-order valence-electron chi connectivity index (χ1n) is 26.2. The number of hydrogen-bond acceptors (Lipinski definition) is 1. The van der Waals surface area contributed by atoms with Crippen LogP contribution in [0, 0.1) is 0 Å². The topological polar surface area (TPSA) is 13.1 Å². The Balaban J connectivity index is 1.23. The second-order valence-corrected chi connectivity index (χ2v) is 12.6. The fourth-order valence-corrected chi connectivity index (χ4v) is 7.18. The lowest BCUT2D eigenvalue weighted by Crippen LogP contribution is -1.90. The van der Waals surface area contributed by atoms with Gasteiger partial charge in [0.25, 0.3) is 0 Å². The van der Waals surface area contributed by atoms with Crippen molar-refractivity contribution in [3.63, 3.8) is 0 Å². The Hall–Kier alpha value is -6.96. The molecule has 1 aromatic heterocycles. The first kappa shape index (κ1) is 16.6. The van der Waals surface area contributed by atoms with Crippen LogP contribution in [-0.4, -0.2) is 0 Å². The van der Waals surface area contributed by atoms with Crippen LogP contribution in [0.4, 0.5) is 0 Å². The van der Waals surface area contributed by atoms with Crippen LogP contribution in [0.15, 0.2) is 198 Å². The Morgan fingerprint density at radius 3 is 1.70 bits per heavy atom. The molecule has 0 aliphatic carbocycles. The Labute approximate surface area is 333 Å².